The van der Waals surface area contributed by atoms with Gasteiger partial charge < -0.3 is 56.5 Å². The van der Waals surface area contributed by atoms with E-state index in [-0.39, 0.29) is 52.0 Å². The van der Waals surface area contributed by atoms with Crippen molar-refractivity contribution in [1.29, 1.82) is 0 Å². The van der Waals surface area contributed by atoms with Gasteiger partial charge in [0.1, 0.15) is 0 Å². The molecule has 0 spiro atoms. The van der Waals surface area contributed by atoms with Crippen molar-refractivity contribution in [2.45, 2.75) is 58.4 Å². The van der Waals surface area contributed by atoms with Gasteiger partial charge in [-0.3, -0.25) is 0 Å². The predicted octanol–water partition coefficient (Wildman–Crippen LogP) is -6.65. The van der Waals surface area contributed by atoms with E-state index in [0.29, 0.717) is 6.04 Å². The Kier molecular flexibility index (Phi) is 50.7. The van der Waals surface area contributed by atoms with Crippen molar-refractivity contribution in [1.82, 2.24) is 6.15 Å². The van der Waals surface area contributed by atoms with Crippen molar-refractivity contribution in [2.75, 3.05) is 0 Å². The van der Waals surface area contributed by atoms with Crippen LogP contribution in [0, 0.1) is 0 Å². The van der Waals surface area contributed by atoms with Crippen LogP contribution in [0.25, 0.3) is 0 Å². The van der Waals surface area contributed by atoms with Gasteiger partial charge in [-0.2, -0.15) is 0 Å². The molecular formula is C11H24Cl2N2O4Pt. The second-order valence-electron chi connectivity index (χ2n) is 3.73. The van der Waals surface area contributed by atoms with Gasteiger partial charge in [-0.05, 0) is 26.7 Å². The average molecular weight is 514 g/mol. The molecule has 0 aromatic carbocycles. The maximum Gasteiger partial charge on any atom is 4.00 e. The molecule has 126 valence electrons. The second kappa shape index (κ2) is 27.5. The van der Waals surface area contributed by atoms with Gasteiger partial charge in [-0.25, -0.2) is 0 Å². The molecule has 1 saturated carbocycles. The zero-order valence-electron chi connectivity index (χ0n) is 11.8. The van der Waals surface area contributed by atoms with E-state index >= 15 is 0 Å². The predicted molar refractivity (Wildman–Crippen MR) is 62.1 cm³/mol. The van der Waals surface area contributed by atoms with Gasteiger partial charge in [-0.15, -0.1) is 0 Å². The van der Waals surface area contributed by atoms with Crippen LogP contribution < -0.4 is 46.9 Å². The normalized spacial score (nSPS) is 12.6. The maximum absolute atomic E-state index is 8.89. The monoisotopic (exact) mass is 513 g/mol. The molecule has 5 N–H and O–H groups in total. The summed E-state index contributed by atoms with van der Waals surface area (Å²) in [4.78, 5) is 17.8. The molecule has 1 aliphatic rings. The Labute approximate surface area is 147 Å². The number of nitrogens with two attached hydrogens (primary N) is 1. The summed E-state index contributed by atoms with van der Waals surface area (Å²) >= 11 is 0. The number of aliphatic carboxylic acids is 2. The van der Waals surface area contributed by atoms with Crippen LogP contribution in [-0.4, -0.2) is 18.0 Å². The Balaban J connectivity index is -0.0000000365. The van der Waals surface area contributed by atoms with Crippen LogP contribution in [0.3, 0.4) is 0 Å². The molecule has 1 fully saturated rings. The van der Waals surface area contributed by atoms with E-state index in [0.717, 1.165) is 13.8 Å². The van der Waals surface area contributed by atoms with Gasteiger partial charge in [-0.1, -0.05) is 25.7 Å². The standard InChI is InChI=1S/C7H15N.2C2H4O2.2ClH.H3N.Pt/c8-7-5-3-1-2-4-6-7;2*1-2(3)4;;;;/h7H,1-6,8H2;2*1H3,(H,3,4);2*1H;1H3;/q;;;;;;+4/p-4. The fourth-order valence-electron chi connectivity index (χ4n) is 1.31. The van der Waals surface area contributed by atoms with Crippen LogP contribution in [0.5, 0.6) is 0 Å². The number of carboxylic acid groups (broad SMARTS) is 2. The Bertz CT molecular complexity index is 185. The van der Waals surface area contributed by atoms with Gasteiger partial charge in [0.2, 0.25) is 0 Å². The Hall–Kier alpha value is 0.128. The molecule has 0 aliphatic heterocycles. The molecule has 20 heavy (non-hydrogen) atoms. The Morgan fingerprint density at radius 1 is 0.900 bits per heavy atom. The Morgan fingerprint density at radius 3 is 1.30 bits per heavy atom. The summed E-state index contributed by atoms with van der Waals surface area (Å²) in [6.07, 6.45) is 8.07. The fourth-order valence-corrected chi connectivity index (χ4v) is 1.31. The van der Waals surface area contributed by atoms with Crippen molar-refractivity contribution in [3.63, 3.8) is 0 Å². The van der Waals surface area contributed by atoms with E-state index in [1.165, 1.54) is 38.5 Å². The number of hydrogen-bond donors (Lipinski definition) is 2. The molecule has 0 unspecified atom stereocenters. The molecule has 0 radical (unpaired) electrons. The molecular weight excluding hydrogens is 490 g/mol. The van der Waals surface area contributed by atoms with Crippen molar-refractivity contribution in [2.24, 2.45) is 5.73 Å². The van der Waals surface area contributed by atoms with Crippen molar-refractivity contribution < 1.29 is 65.7 Å². The first-order chi connectivity index (χ1) is 7.36. The van der Waals surface area contributed by atoms with Crippen molar-refractivity contribution in [3.8, 4) is 0 Å². The molecule has 0 amide bonds. The molecule has 1 aliphatic carbocycles. The van der Waals surface area contributed by atoms with Gasteiger partial charge in [0, 0.05) is 18.0 Å². The molecule has 0 aromatic heterocycles. The third kappa shape index (κ3) is 63.8. The molecule has 6 nitrogen and oxygen atoms in total. The Morgan fingerprint density at radius 2 is 1.10 bits per heavy atom. The first-order valence-electron chi connectivity index (χ1n) is 5.47. The van der Waals surface area contributed by atoms with Gasteiger partial charge in [0.25, 0.3) is 0 Å². The van der Waals surface area contributed by atoms with Crippen LogP contribution in [0.1, 0.15) is 52.4 Å². The average Bonchev–Trinajstić information content (AvgIpc) is 2.30. The summed E-state index contributed by atoms with van der Waals surface area (Å²) in [5, 5.41) is 17.8. The number of hydrogen-bond acceptors (Lipinski definition) is 6. The van der Waals surface area contributed by atoms with Crippen molar-refractivity contribution in [3.05, 3.63) is 0 Å². The van der Waals surface area contributed by atoms with Gasteiger partial charge in [0.05, 0.1) is 0 Å². The minimum Gasteiger partial charge on any atom is -1.00 e. The van der Waals surface area contributed by atoms with Crippen LogP contribution in [-0.2, 0) is 30.7 Å². The smallest absolute Gasteiger partial charge is 1.00 e. The summed E-state index contributed by atoms with van der Waals surface area (Å²) in [6.45, 7) is 1.94. The zero-order valence-corrected chi connectivity index (χ0v) is 15.6. The third-order valence-corrected chi connectivity index (χ3v) is 1.90. The number of carbonyl (C=O) groups excluding carboxylic acids is 2. The van der Waals surface area contributed by atoms with Crippen LogP contribution in [0.4, 0.5) is 0 Å². The molecule has 0 heterocycles. The number of carboxylic acids is 2. The SMILES string of the molecule is CC(=O)[O-].CC(=O)[O-].N.NC1CCCCCC1.[Cl-].[Cl-].[Pt+4]. The first kappa shape index (κ1) is 36.9. The van der Waals surface area contributed by atoms with Crippen LogP contribution >= 0.6 is 0 Å². The molecule has 9 heteroatoms. The quantitative estimate of drug-likeness (QED) is 0.308. The van der Waals surface area contributed by atoms with E-state index in [4.69, 9.17) is 25.5 Å². The van der Waals surface area contributed by atoms with E-state index in [1.807, 2.05) is 0 Å². The van der Waals surface area contributed by atoms with Gasteiger partial charge in [0.15, 0.2) is 0 Å². The summed E-state index contributed by atoms with van der Waals surface area (Å²) in [5.74, 6) is -2.17. The van der Waals surface area contributed by atoms with Gasteiger partial charge >= 0.3 is 21.1 Å². The third-order valence-electron chi connectivity index (χ3n) is 1.90. The van der Waals surface area contributed by atoms with E-state index in [9.17, 15) is 0 Å². The molecule has 0 bridgehead atoms. The fraction of sp³-hybridized carbons (Fsp3) is 0.818. The van der Waals surface area contributed by atoms with E-state index in [1.54, 1.807) is 0 Å². The first-order valence-corrected chi connectivity index (χ1v) is 5.47. The second-order valence-corrected chi connectivity index (χ2v) is 3.73. The molecule has 0 aromatic rings. The maximum atomic E-state index is 8.89. The number of carbonyl (C=O) groups is 2. The minimum absolute atomic E-state index is 0. The summed E-state index contributed by atoms with van der Waals surface area (Å²) in [5.41, 5.74) is 5.73. The summed E-state index contributed by atoms with van der Waals surface area (Å²) < 4.78 is 0. The van der Waals surface area contributed by atoms with Crippen LogP contribution in [0.15, 0.2) is 0 Å². The van der Waals surface area contributed by atoms with Crippen molar-refractivity contribution >= 4 is 11.9 Å². The molecule has 0 atom stereocenters. The van der Waals surface area contributed by atoms with E-state index < -0.39 is 11.9 Å². The summed E-state index contributed by atoms with van der Waals surface area (Å²) in [7, 11) is 0. The largest absolute Gasteiger partial charge is 4.00 e. The zero-order chi connectivity index (χ0) is 13.0. The molecule has 0 saturated heterocycles. The summed E-state index contributed by atoms with van der Waals surface area (Å²) in [6, 6.07) is 0.525. The topological polar surface area (TPSA) is 141 Å². The number of rotatable bonds is 0. The van der Waals surface area contributed by atoms with E-state index in [2.05, 4.69) is 0 Å². The minimum atomic E-state index is -1.08. The molecule has 1 rings (SSSR count). The number of halogens is 2. The van der Waals surface area contributed by atoms with Crippen LogP contribution in [0.2, 0.25) is 0 Å².